The predicted octanol–water partition coefficient (Wildman–Crippen LogP) is -0.832. The Morgan fingerprint density at radius 1 is 1.00 bits per heavy atom. The molecule has 2 N–H and O–H groups in total. The van der Waals surface area contributed by atoms with Crippen LogP contribution in [0.15, 0.2) is 4.47 Å². The smallest absolute Gasteiger partial charge is 0.133 e. The Morgan fingerprint density at radius 2 is 1.50 bits per heavy atom. The van der Waals surface area contributed by atoms with Crippen molar-refractivity contribution in [3.63, 3.8) is 0 Å². The van der Waals surface area contributed by atoms with Crippen LogP contribution in [-0.4, -0.2) is 19.6 Å². The molecule has 2 rings (SSSR count). The highest BCUT2D eigenvalue weighted by molar-refractivity contribution is 9.10. The summed E-state index contributed by atoms with van der Waals surface area (Å²) in [6.45, 7) is 8.47. The molecule has 0 spiro atoms. The summed E-state index contributed by atoms with van der Waals surface area (Å²) in [7, 11) is 0. The standard InChI is InChI=1S/C11H16BrN5.ClH/c1-6-10(12)8(3)16(14-6)5-17-9(4)11(13)7(2)15-17;/h5,13H2,1-4H3;1H/p-1. The molecule has 0 bridgehead atoms. The topological polar surface area (TPSA) is 61.7 Å². The molecule has 100 valence electrons. The van der Waals surface area contributed by atoms with Crippen LogP contribution in [0.5, 0.6) is 0 Å². The Bertz CT molecular complexity index is 522. The molecule has 0 unspecified atom stereocenters. The number of anilines is 1. The summed E-state index contributed by atoms with van der Waals surface area (Å²) < 4.78 is 4.83. The summed E-state index contributed by atoms with van der Waals surface area (Å²) in [6, 6.07) is 0. The molecule has 0 atom stereocenters. The second-order valence-electron chi connectivity index (χ2n) is 4.21. The third-order valence-corrected chi connectivity index (χ3v) is 4.15. The van der Waals surface area contributed by atoms with Gasteiger partial charge in [-0.2, -0.15) is 10.2 Å². The lowest BCUT2D eigenvalue weighted by Crippen LogP contribution is -3.00. The minimum atomic E-state index is 0. The molecule has 0 aromatic carbocycles. The van der Waals surface area contributed by atoms with E-state index in [0.717, 1.165) is 32.9 Å². The number of aryl methyl sites for hydroxylation is 2. The predicted molar refractivity (Wildman–Crippen MR) is 70.9 cm³/mol. The van der Waals surface area contributed by atoms with E-state index < -0.39 is 0 Å². The number of halogens is 2. The first-order valence-electron chi connectivity index (χ1n) is 5.40. The van der Waals surface area contributed by atoms with Crippen LogP contribution in [0.2, 0.25) is 0 Å². The van der Waals surface area contributed by atoms with Crippen LogP contribution >= 0.6 is 15.9 Å². The van der Waals surface area contributed by atoms with Crippen molar-refractivity contribution in [1.29, 1.82) is 0 Å². The Labute approximate surface area is 121 Å². The molecular formula is C11H16BrClN5-. The lowest BCUT2D eigenvalue weighted by atomic mass is 10.3. The van der Waals surface area contributed by atoms with Crippen molar-refractivity contribution < 1.29 is 12.4 Å². The maximum atomic E-state index is 5.91. The second kappa shape index (κ2) is 5.32. The highest BCUT2D eigenvalue weighted by Gasteiger charge is 2.12. The Morgan fingerprint density at radius 3 is 1.89 bits per heavy atom. The zero-order chi connectivity index (χ0) is 12.7. The van der Waals surface area contributed by atoms with E-state index in [2.05, 4.69) is 26.1 Å². The number of aromatic nitrogens is 4. The fourth-order valence-electron chi connectivity index (χ4n) is 1.79. The van der Waals surface area contributed by atoms with E-state index >= 15 is 0 Å². The van der Waals surface area contributed by atoms with Gasteiger partial charge in [0.15, 0.2) is 0 Å². The van der Waals surface area contributed by atoms with E-state index in [9.17, 15) is 0 Å². The van der Waals surface area contributed by atoms with Gasteiger partial charge in [-0.25, -0.2) is 9.36 Å². The number of hydrogen-bond acceptors (Lipinski definition) is 3. The molecule has 2 heterocycles. The van der Waals surface area contributed by atoms with Crippen molar-refractivity contribution in [3.8, 4) is 0 Å². The lowest BCUT2D eigenvalue weighted by molar-refractivity contribution is -0.00000391. The van der Waals surface area contributed by atoms with Crippen LogP contribution in [0.4, 0.5) is 5.69 Å². The minimum absolute atomic E-state index is 0. The fourth-order valence-corrected chi connectivity index (χ4v) is 2.07. The average Bonchev–Trinajstić information content (AvgIpc) is 2.66. The van der Waals surface area contributed by atoms with Gasteiger partial charge in [-0.1, -0.05) is 0 Å². The van der Waals surface area contributed by atoms with E-state index in [-0.39, 0.29) is 12.4 Å². The van der Waals surface area contributed by atoms with Crippen molar-refractivity contribution in [1.82, 2.24) is 19.6 Å². The molecule has 2 aromatic heterocycles. The van der Waals surface area contributed by atoms with Crippen LogP contribution in [0.25, 0.3) is 0 Å². The van der Waals surface area contributed by atoms with Gasteiger partial charge in [0.1, 0.15) is 6.67 Å². The van der Waals surface area contributed by atoms with Crippen molar-refractivity contribution in [2.45, 2.75) is 34.4 Å². The zero-order valence-corrected chi connectivity index (χ0v) is 13.2. The van der Waals surface area contributed by atoms with Crippen molar-refractivity contribution in [2.24, 2.45) is 0 Å². The van der Waals surface area contributed by atoms with E-state index in [1.807, 2.05) is 37.1 Å². The number of nitrogens with two attached hydrogens (primary N) is 1. The van der Waals surface area contributed by atoms with Crippen molar-refractivity contribution in [3.05, 3.63) is 27.2 Å². The summed E-state index contributed by atoms with van der Waals surface area (Å²) in [4.78, 5) is 0. The number of hydrogen-bond donors (Lipinski definition) is 1. The van der Waals surface area contributed by atoms with Gasteiger partial charge < -0.3 is 18.1 Å². The first-order chi connectivity index (χ1) is 7.91. The number of rotatable bonds is 2. The minimum Gasteiger partial charge on any atom is -1.00 e. The van der Waals surface area contributed by atoms with Crippen LogP contribution in [-0.2, 0) is 6.67 Å². The molecule has 0 aliphatic heterocycles. The maximum Gasteiger partial charge on any atom is 0.133 e. The summed E-state index contributed by atoms with van der Waals surface area (Å²) in [6.07, 6.45) is 0. The zero-order valence-electron chi connectivity index (χ0n) is 10.8. The van der Waals surface area contributed by atoms with Gasteiger partial charge in [0.05, 0.1) is 32.9 Å². The van der Waals surface area contributed by atoms with Gasteiger partial charge >= 0.3 is 0 Å². The van der Waals surface area contributed by atoms with Gasteiger partial charge in [-0.05, 0) is 43.6 Å². The van der Waals surface area contributed by atoms with E-state index in [1.54, 1.807) is 0 Å². The van der Waals surface area contributed by atoms with E-state index in [0.29, 0.717) is 6.67 Å². The maximum absolute atomic E-state index is 5.91. The molecule has 7 heteroatoms. The molecule has 0 saturated heterocycles. The molecule has 0 fully saturated rings. The first kappa shape index (κ1) is 15.0. The Balaban J connectivity index is 0.00000162. The van der Waals surface area contributed by atoms with Crippen LogP contribution < -0.4 is 18.1 Å². The van der Waals surface area contributed by atoms with Gasteiger partial charge in [-0.3, -0.25) is 0 Å². The first-order valence-corrected chi connectivity index (χ1v) is 6.20. The summed E-state index contributed by atoms with van der Waals surface area (Å²) in [5.74, 6) is 0. The number of nitrogen functional groups attached to an aromatic ring is 1. The summed E-state index contributed by atoms with van der Waals surface area (Å²) >= 11 is 3.51. The van der Waals surface area contributed by atoms with Gasteiger partial charge in [0, 0.05) is 0 Å². The molecule has 0 saturated carbocycles. The van der Waals surface area contributed by atoms with Gasteiger partial charge in [0.25, 0.3) is 0 Å². The van der Waals surface area contributed by atoms with Crippen LogP contribution in [0.1, 0.15) is 22.8 Å². The van der Waals surface area contributed by atoms with Gasteiger partial charge in [0.2, 0.25) is 0 Å². The second-order valence-corrected chi connectivity index (χ2v) is 5.00. The molecule has 5 nitrogen and oxygen atoms in total. The van der Waals surface area contributed by atoms with Crippen molar-refractivity contribution >= 4 is 21.6 Å². The molecule has 0 aliphatic carbocycles. The molecular weight excluding hydrogens is 318 g/mol. The van der Waals surface area contributed by atoms with Gasteiger partial charge in [-0.15, -0.1) is 0 Å². The summed E-state index contributed by atoms with van der Waals surface area (Å²) in [5.41, 5.74) is 10.6. The number of nitrogens with zero attached hydrogens (tertiary/aromatic N) is 4. The van der Waals surface area contributed by atoms with Crippen molar-refractivity contribution in [2.75, 3.05) is 5.73 Å². The average molecular weight is 334 g/mol. The van der Waals surface area contributed by atoms with Crippen LogP contribution in [0, 0.1) is 27.7 Å². The SMILES string of the molecule is Cc1nn(Cn2nc(C)c(Br)c2C)c(C)c1N.[Cl-]. The third-order valence-electron chi connectivity index (χ3n) is 3.00. The lowest BCUT2D eigenvalue weighted by Gasteiger charge is -2.06. The molecule has 0 radical (unpaired) electrons. The Kier molecular flexibility index (Phi) is 4.45. The van der Waals surface area contributed by atoms with E-state index in [1.165, 1.54) is 0 Å². The normalized spacial score (nSPS) is 10.5. The monoisotopic (exact) mass is 332 g/mol. The Hall–Kier alpha value is -1.01. The molecule has 0 aliphatic rings. The van der Waals surface area contributed by atoms with Crippen LogP contribution in [0.3, 0.4) is 0 Å². The summed E-state index contributed by atoms with van der Waals surface area (Å²) in [5, 5.41) is 8.85. The highest BCUT2D eigenvalue weighted by Crippen LogP contribution is 2.21. The highest BCUT2D eigenvalue weighted by atomic mass is 79.9. The molecule has 18 heavy (non-hydrogen) atoms. The third kappa shape index (κ3) is 2.40. The van der Waals surface area contributed by atoms with E-state index in [4.69, 9.17) is 5.73 Å². The molecule has 0 amide bonds. The molecule has 2 aromatic rings. The fraction of sp³-hybridized carbons (Fsp3) is 0.455. The quantitative estimate of drug-likeness (QED) is 0.780. The largest absolute Gasteiger partial charge is 1.00 e.